The molecule has 0 aliphatic carbocycles. The van der Waals surface area contributed by atoms with Crippen molar-refractivity contribution in [2.75, 3.05) is 0 Å². The normalized spacial score (nSPS) is 23.0. The second-order valence-corrected chi connectivity index (χ2v) is 7.02. The molecule has 25 heavy (non-hydrogen) atoms. The number of carbonyl (C=O) groups is 2. The summed E-state index contributed by atoms with van der Waals surface area (Å²) in [6, 6.07) is 18.8. The fraction of sp³-hybridized carbons (Fsp3) is 0.333. The molecule has 0 saturated carbocycles. The highest BCUT2D eigenvalue weighted by molar-refractivity contribution is 5.99. The van der Waals surface area contributed by atoms with Crippen molar-refractivity contribution < 1.29 is 14.3 Å². The summed E-state index contributed by atoms with van der Waals surface area (Å²) in [5, 5.41) is 0. The van der Waals surface area contributed by atoms with E-state index in [0.29, 0.717) is 12.0 Å². The number of hydrogen-bond donors (Lipinski definition) is 0. The van der Waals surface area contributed by atoms with Crippen molar-refractivity contribution in [2.24, 2.45) is 5.92 Å². The van der Waals surface area contributed by atoms with Crippen molar-refractivity contribution >= 4 is 11.9 Å². The van der Waals surface area contributed by atoms with Crippen LogP contribution in [-0.2, 0) is 16.0 Å². The van der Waals surface area contributed by atoms with Gasteiger partial charge >= 0.3 is 5.97 Å². The second-order valence-electron chi connectivity index (χ2n) is 7.02. The first-order chi connectivity index (χ1) is 11.9. The van der Waals surface area contributed by atoms with Gasteiger partial charge in [0.15, 0.2) is 6.23 Å². The van der Waals surface area contributed by atoms with Crippen LogP contribution >= 0.6 is 0 Å². The smallest absolute Gasteiger partial charge is 0.334 e. The minimum absolute atomic E-state index is 0.00853. The monoisotopic (exact) mass is 337 g/mol. The van der Waals surface area contributed by atoms with Crippen LogP contribution in [-0.4, -0.2) is 28.5 Å². The van der Waals surface area contributed by atoms with Gasteiger partial charge in [-0.1, -0.05) is 62.4 Å². The molecule has 130 valence electrons. The first kappa shape index (κ1) is 17.2. The van der Waals surface area contributed by atoms with Gasteiger partial charge in [-0.25, -0.2) is 4.79 Å². The molecule has 2 aromatic rings. The Morgan fingerprint density at radius 1 is 1.08 bits per heavy atom. The van der Waals surface area contributed by atoms with Crippen LogP contribution in [0.25, 0.3) is 0 Å². The Labute approximate surface area is 148 Å². The summed E-state index contributed by atoms with van der Waals surface area (Å²) in [6.45, 7) is 5.71. The summed E-state index contributed by atoms with van der Waals surface area (Å²) in [4.78, 5) is 27.6. The minimum atomic E-state index is -1.02. The molecule has 2 aromatic carbocycles. The van der Waals surface area contributed by atoms with Crippen LogP contribution in [0, 0.1) is 5.92 Å². The van der Waals surface area contributed by atoms with Gasteiger partial charge in [0.25, 0.3) is 5.91 Å². The van der Waals surface area contributed by atoms with Gasteiger partial charge in [0.1, 0.15) is 5.54 Å². The molecular weight excluding hydrogens is 314 g/mol. The van der Waals surface area contributed by atoms with Crippen LogP contribution < -0.4 is 0 Å². The molecule has 1 amide bonds. The van der Waals surface area contributed by atoms with Gasteiger partial charge in [-0.2, -0.15) is 0 Å². The van der Waals surface area contributed by atoms with Crippen molar-refractivity contribution in [1.29, 1.82) is 0 Å². The zero-order valence-electron chi connectivity index (χ0n) is 14.8. The molecule has 0 aromatic heterocycles. The SMILES string of the molecule is CC(C)[C@H]1OC(=O)[C@](C)(Cc2ccccc2)N1C(=O)c1ccccc1. The lowest BCUT2D eigenvalue weighted by molar-refractivity contribution is -0.146. The molecule has 2 atom stereocenters. The van der Waals surface area contributed by atoms with Crippen LogP contribution in [0.5, 0.6) is 0 Å². The maximum Gasteiger partial charge on any atom is 0.334 e. The molecule has 0 bridgehead atoms. The van der Waals surface area contributed by atoms with Crippen molar-refractivity contribution in [3.63, 3.8) is 0 Å². The molecule has 1 aliphatic heterocycles. The fourth-order valence-corrected chi connectivity index (χ4v) is 3.31. The Kier molecular flexibility index (Phi) is 4.62. The molecule has 0 N–H and O–H groups in total. The number of carbonyl (C=O) groups excluding carboxylic acids is 2. The average molecular weight is 337 g/mol. The molecule has 0 radical (unpaired) electrons. The van der Waals surface area contributed by atoms with E-state index in [9.17, 15) is 9.59 Å². The fourth-order valence-electron chi connectivity index (χ4n) is 3.31. The van der Waals surface area contributed by atoms with Crippen molar-refractivity contribution in [3.05, 3.63) is 71.8 Å². The van der Waals surface area contributed by atoms with E-state index >= 15 is 0 Å². The van der Waals surface area contributed by atoms with Crippen LogP contribution in [0.3, 0.4) is 0 Å². The van der Waals surface area contributed by atoms with Gasteiger partial charge in [-0.3, -0.25) is 9.69 Å². The standard InChI is InChI=1S/C21H23NO3/c1-15(2)19-22(18(23)17-12-8-5-9-13-17)21(3,20(24)25-19)14-16-10-6-4-7-11-16/h4-13,15,19H,14H2,1-3H3/t19-,21+/m1/s1. The molecule has 4 nitrogen and oxygen atoms in total. The predicted octanol–water partition coefficient (Wildman–Crippen LogP) is 3.67. The topological polar surface area (TPSA) is 46.6 Å². The van der Waals surface area contributed by atoms with E-state index in [1.54, 1.807) is 24.0 Å². The third kappa shape index (κ3) is 3.16. The lowest BCUT2D eigenvalue weighted by Gasteiger charge is -2.35. The summed E-state index contributed by atoms with van der Waals surface area (Å²) in [7, 11) is 0. The van der Waals surface area contributed by atoms with Crippen LogP contribution in [0.15, 0.2) is 60.7 Å². The number of rotatable bonds is 4. The van der Waals surface area contributed by atoms with Crippen LogP contribution in [0.2, 0.25) is 0 Å². The van der Waals surface area contributed by atoms with Crippen molar-refractivity contribution in [1.82, 2.24) is 4.90 Å². The molecular formula is C21H23NO3. The molecule has 0 unspecified atom stereocenters. The Balaban J connectivity index is 2.01. The number of esters is 1. The molecule has 1 fully saturated rings. The summed E-state index contributed by atoms with van der Waals surface area (Å²) >= 11 is 0. The van der Waals surface area contributed by atoms with E-state index in [0.717, 1.165) is 5.56 Å². The maximum atomic E-state index is 13.2. The average Bonchev–Trinajstić information content (AvgIpc) is 2.87. The van der Waals surface area contributed by atoms with Crippen LogP contribution in [0.1, 0.15) is 36.7 Å². The van der Waals surface area contributed by atoms with E-state index in [1.165, 1.54) is 0 Å². The molecule has 4 heteroatoms. The number of benzene rings is 2. The van der Waals surface area contributed by atoms with Gasteiger partial charge in [0.05, 0.1) is 0 Å². The van der Waals surface area contributed by atoms with Gasteiger partial charge in [-0.05, 0) is 24.6 Å². The highest BCUT2D eigenvalue weighted by atomic mass is 16.6. The summed E-state index contributed by atoms with van der Waals surface area (Å²) < 4.78 is 5.63. The minimum Gasteiger partial charge on any atom is -0.439 e. The number of cyclic esters (lactones) is 1. The van der Waals surface area contributed by atoms with E-state index < -0.39 is 11.8 Å². The Morgan fingerprint density at radius 2 is 1.64 bits per heavy atom. The highest BCUT2D eigenvalue weighted by Gasteiger charge is 2.55. The Bertz CT molecular complexity index is 757. The quantitative estimate of drug-likeness (QED) is 0.800. The zero-order valence-corrected chi connectivity index (χ0v) is 14.8. The van der Waals surface area contributed by atoms with E-state index in [4.69, 9.17) is 4.74 Å². The lowest BCUT2D eigenvalue weighted by atomic mass is 9.90. The zero-order chi connectivity index (χ0) is 18.0. The van der Waals surface area contributed by atoms with Crippen molar-refractivity contribution in [3.8, 4) is 0 Å². The summed E-state index contributed by atoms with van der Waals surface area (Å²) in [6.07, 6.45) is -0.136. The first-order valence-electron chi connectivity index (χ1n) is 8.57. The molecule has 1 heterocycles. The van der Waals surface area contributed by atoms with Gasteiger partial charge < -0.3 is 4.74 Å². The second kappa shape index (κ2) is 6.71. The number of hydrogen-bond acceptors (Lipinski definition) is 3. The van der Waals surface area contributed by atoms with Gasteiger partial charge in [0.2, 0.25) is 0 Å². The molecule has 3 rings (SSSR count). The van der Waals surface area contributed by atoms with Gasteiger partial charge in [0, 0.05) is 17.9 Å². The van der Waals surface area contributed by atoms with Gasteiger partial charge in [-0.15, -0.1) is 0 Å². The number of ether oxygens (including phenoxy) is 1. The summed E-state index contributed by atoms with van der Waals surface area (Å²) in [5.41, 5.74) is 0.534. The number of amides is 1. The first-order valence-corrected chi connectivity index (χ1v) is 8.57. The molecule has 0 spiro atoms. The Morgan fingerprint density at radius 3 is 2.20 bits per heavy atom. The maximum absolute atomic E-state index is 13.2. The van der Waals surface area contributed by atoms with E-state index in [1.807, 2.05) is 62.4 Å². The largest absolute Gasteiger partial charge is 0.439 e. The predicted molar refractivity (Wildman–Crippen MR) is 95.9 cm³/mol. The van der Waals surface area contributed by atoms with Crippen molar-refractivity contribution in [2.45, 2.75) is 39.0 Å². The lowest BCUT2D eigenvalue weighted by Crippen LogP contribution is -2.54. The summed E-state index contributed by atoms with van der Waals surface area (Å²) in [5.74, 6) is -0.517. The third-order valence-electron chi connectivity index (χ3n) is 4.65. The Hall–Kier alpha value is -2.62. The van der Waals surface area contributed by atoms with Crippen LogP contribution in [0.4, 0.5) is 0 Å². The molecule has 1 aliphatic rings. The van der Waals surface area contributed by atoms with E-state index in [-0.39, 0.29) is 17.8 Å². The molecule has 1 saturated heterocycles. The van der Waals surface area contributed by atoms with E-state index in [2.05, 4.69) is 0 Å². The number of nitrogens with zero attached hydrogens (tertiary/aromatic N) is 1. The highest BCUT2D eigenvalue weighted by Crippen LogP contribution is 2.36. The third-order valence-corrected chi connectivity index (χ3v) is 4.65.